The maximum absolute atomic E-state index is 4.61. The van der Waals surface area contributed by atoms with Crippen LogP contribution in [0.25, 0.3) is 0 Å². The second kappa shape index (κ2) is 6.75. The molecule has 0 saturated heterocycles. The first-order chi connectivity index (χ1) is 9.55. The summed E-state index contributed by atoms with van der Waals surface area (Å²) in [5.41, 5.74) is 0.497. The molecular weight excluding hydrogens is 246 g/mol. The first kappa shape index (κ1) is 15.6. The number of imidazole rings is 1. The Morgan fingerprint density at radius 2 is 2.20 bits per heavy atom. The first-order valence-electron chi connectivity index (χ1n) is 8.20. The van der Waals surface area contributed by atoms with Crippen molar-refractivity contribution in [3.8, 4) is 0 Å². The van der Waals surface area contributed by atoms with Gasteiger partial charge in [0, 0.05) is 25.4 Å². The highest BCUT2D eigenvalue weighted by Gasteiger charge is 2.35. The minimum absolute atomic E-state index is 0.497. The van der Waals surface area contributed by atoms with Crippen molar-refractivity contribution in [2.24, 2.45) is 17.3 Å². The number of hydrogen-bond donors (Lipinski definition) is 1. The molecule has 20 heavy (non-hydrogen) atoms. The van der Waals surface area contributed by atoms with Crippen LogP contribution in [0.15, 0.2) is 12.4 Å². The molecule has 3 heteroatoms. The van der Waals surface area contributed by atoms with E-state index in [9.17, 15) is 0 Å². The van der Waals surface area contributed by atoms with Crippen molar-refractivity contribution in [2.45, 2.75) is 59.4 Å². The summed E-state index contributed by atoms with van der Waals surface area (Å²) >= 11 is 0. The molecule has 1 aromatic heterocycles. The van der Waals surface area contributed by atoms with Gasteiger partial charge in [0.25, 0.3) is 0 Å². The molecule has 1 aromatic rings. The van der Waals surface area contributed by atoms with Crippen molar-refractivity contribution < 1.29 is 0 Å². The zero-order chi connectivity index (χ0) is 14.6. The molecule has 3 nitrogen and oxygen atoms in total. The molecule has 1 heterocycles. The zero-order valence-electron chi connectivity index (χ0n) is 13.7. The van der Waals surface area contributed by atoms with Crippen LogP contribution < -0.4 is 5.32 Å². The third-order valence-corrected chi connectivity index (χ3v) is 4.85. The van der Waals surface area contributed by atoms with Crippen molar-refractivity contribution >= 4 is 0 Å². The van der Waals surface area contributed by atoms with Gasteiger partial charge in [0.05, 0.1) is 0 Å². The van der Waals surface area contributed by atoms with E-state index in [1.807, 2.05) is 6.20 Å². The van der Waals surface area contributed by atoms with E-state index in [2.05, 4.69) is 48.9 Å². The monoisotopic (exact) mass is 277 g/mol. The van der Waals surface area contributed by atoms with Gasteiger partial charge >= 0.3 is 0 Å². The van der Waals surface area contributed by atoms with E-state index in [4.69, 9.17) is 0 Å². The summed E-state index contributed by atoms with van der Waals surface area (Å²) in [6, 6.07) is 0. The van der Waals surface area contributed by atoms with Crippen LogP contribution in [0.5, 0.6) is 0 Å². The van der Waals surface area contributed by atoms with Crippen LogP contribution >= 0.6 is 0 Å². The van der Waals surface area contributed by atoms with Gasteiger partial charge in [0.2, 0.25) is 0 Å². The minimum Gasteiger partial charge on any atom is -0.335 e. The smallest absolute Gasteiger partial charge is 0.108 e. The van der Waals surface area contributed by atoms with E-state index >= 15 is 0 Å². The molecule has 0 spiro atoms. The molecule has 2 atom stereocenters. The molecule has 114 valence electrons. The van der Waals surface area contributed by atoms with Crippen LogP contribution in [0.3, 0.4) is 0 Å². The van der Waals surface area contributed by atoms with Gasteiger partial charge in [-0.2, -0.15) is 0 Å². The zero-order valence-corrected chi connectivity index (χ0v) is 13.7. The molecule has 1 fully saturated rings. The van der Waals surface area contributed by atoms with Gasteiger partial charge in [-0.05, 0) is 56.5 Å². The van der Waals surface area contributed by atoms with Crippen LogP contribution in [0.1, 0.15) is 52.3 Å². The van der Waals surface area contributed by atoms with Gasteiger partial charge in [-0.25, -0.2) is 4.98 Å². The first-order valence-corrected chi connectivity index (χ1v) is 8.20. The molecule has 2 rings (SSSR count). The van der Waals surface area contributed by atoms with E-state index in [0.717, 1.165) is 31.3 Å². The summed E-state index contributed by atoms with van der Waals surface area (Å²) in [4.78, 5) is 4.61. The number of aryl methyl sites for hydroxylation is 1. The summed E-state index contributed by atoms with van der Waals surface area (Å²) < 4.78 is 2.35. The molecule has 1 N–H and O–H groups in total. The highest BCUT2D eigenvalue weighted by atomic mass is 15.1. The van der Waals surface area contributed by atoms with Crippen LogP contribution in [0, 0.1) is 17.3 Å². The Labute approximate surface area is 124 Å². The van der Waals surface area contributed by atoms with Gasteiger partial charge in [-0.3, -0.25) is 0 Å². The summed E-state index contributed by atoms with van der Waals surface area (Å²) in [5.74, 6) is 2.86. The largest absolute Gasteiger partial charge is 0.335 e. The number of nitrogens with zero attached hydrogens (tertiary/aromatic N) is 2. The van der Waals surface area contributed by atoms with Crippen molar-refractivity contribution in [3.63, 3.8) is 0 Å². The fourth-order valence-corrected chi connectivity index (χ4v) is 3.77. The van der Waals surface area contributed by atoms with E-state index in [1.165, 1.54) is 31.5 Å². The second-order valence-corrected chi connectivity index (χ2v) is 7.23. The maximum Gasteiger partial charge on any atom is 0.108 e. The topological polar surface area (TPSA) is 29.9 Å². The predicted octanol–water partition coefficient (Wildman–Crippen LogP) is 3.50. The normalized spacial score (nSPS) is 25.8. The van der Waals surface area contributed by atoms with E-state index < -0.39 is 0 Å². The number of hydrogen-bond acceptors (Lipinski definition) is 2. The lowest BCUT2D eigenvalue weighted by Gasteiger charge is -2.41. The molecule has 0 bridgehead atoms. The molecule has 1 saturated carbocycles. The third kappa shape index (κ3) is 3.85. The van der Waals surface area contributed by atoms with Crippen LogP contribution in [-0.4, -0.2) is 23.1 Å². The van der Waals surface area contributed by atoms with Crippen molar-refractivity contribution in [2.75, 3.05) is 13.6 Å². The summed E-state index contributed by atoms with van der Waals surface area (Å²) in [6.45, 7) is 9.33. The average molecular weight is 277 g/mol. The summed E-state index contributed by atoms with van der Waals surface area (Å²) in [5, 5.41) is 3.39. The lowest BCUT2D eigenvalue weighted by molar-refractivity contribution is 0.115. The molecule has 2 unspecified atom stereocenters. The quantitative estimate of drug-likeness (QED) is 0.862. The van der Waals surface area contributed by atoms with E-state index in [0.29, 0.717) is 5.41 Å². The fourth-order valence-electron chi connectivity index (χ4n) is 3.77. The molecular formula is C17H31N3. The van der Waals surface area contributed by atoms with Gasteiger partial charge in [-0.15, -0.1) is 0 Å². The Hall–Kier alpha value is -0.830. The molecule has 0 aliphatic heterocycles. The lowest BCUT2D eigenvalue weighted by atomic mass is 9.66. The van der Waals surface area contributed by atoms with Gasteiger partial charge < -0.3 is 9.88 Å². The minimum atomic E-state index is 0.497. The molecule has 1 aliphatic carbocycles. The number of rotatable bonds is 6. The number of aromatic nitrogens is 2. The Bertz CT molecular complexity index is 408. The van der Waals surface area contributed by atoms with Gasteiger partial charge in [0.1, 0.15) is 5.82 Å². The Morgan fingerprint density at radius 1 is 1.40 bits per heavy atom. The third-order valence-electron chi connectivity index (χ3n) is 4.85. The predicted molar refractivity (Wildman–Crippen MR) is 84.8 cm³/mol. The van der Waals surface area contributed by atoms with Gasteiger partial charge in [-0.1, -0.05) is 20.8 Å². The highest BCUT2D eigenvalue weighted by Crippen LogP contribution is 2.42. The van der Waals surface area contributed by atoms with Crippen molar-refractivity contribution in [1.29, 1.82) is 0 Å². The number of nitrogens with one attached hydrogen (secondary N) is 1. The Balaban J connectivity index is 2.08. The average Bonchev–Trinajstić information content (AvgIpc) is 2.80. The van der Waals surface area contributed by atoms with Crippen molar-refractivity contribution in [3.05, 3.63) is 18.2 Å². The summed E-state index contributed by atoms with van der Waals surface area (Å²) in [6.07, 6.45) is 10.5. The molecule has 1 aliphatic rings. The van der Waals surface area contributed by atoms with Crippen molar-refractivity contribution in [1.82, 2.24) is 14.9 Å². The van der Waals surface area contributed by atoms with E-state index in [1.54, 1.807) is 0 Å². The Morgan fingerprint density at radius 3 is 2.90 bits per heavy atom. The second-order valence-electron chi connectivity index (χ2n) is 7.23. The van der Waals surface area contributed by atoms with Gasteiger partial charge in [0.15, 0.2) is 0 Å². The fraction of sp³-hybridized carbons (Fsp3) is 0.824. The van der Waals surface area contributed by atoms with E-state index in [-0.39, 0.29) is 0 Å². The van der Waals surface area contributed by atoms with Crippen LogP contribution in [0.2, 0.25) is 0 Å². The molecule has 0 radical (unpaired) electrons. The standard InChI is InChI=1S/C17H31N3/c1-5-9-20-10-8-19-16(20)11-15-12-17(2,3)7-6-14(15)13-18-4/h8,10,14-15,18H,5-7,9,11-13H2,1-4H3. The Kier molecular flexibility index (Phi) is 5.25. The van der Waals surface area contributed by atoms with Crippen LogP contribution in [-0.2, 0) is 13.0 Å². The highest BCUT2D eigenvalue weighted by molar-refractivity contribution is 4.97. The molecule has 0 amide bonds. The maximum atomic E-state index is 4.61. The SMILES string of the molecule is CCCn1ccnc1CC1CC(C)(C)CCC1CNC. The van der Waals surface area contributed by atoms with Crippen LogP contribution in [0.4, 0.5) is 0 Å². The molecule has 0 aromatic carbocycles. The lowest BCUT2D eigenvalue weighted by Crippen LogP contribution is -2.36. The summed E-state index contributed by atoms with van der Waals surface area (Å²) in [7, 11) is 2.08.